The van der Waals surface area contributed by atoms with Crippen LogP contribution in [0.3, 0.4) is 0 Å². The highest BCUT2D eigenvalue weighted by Crippen LogP contribution is 2.54. The minimum Gasteiger partial charge on any atom is -0.488 e. The van der Waals surface area contributed by atoms with Crippen LogP contribution >= 0.6 is 0 Å². The fourth-order valence-electron chi connectivity index (χ4n) is 5.26. The van der Waals surface area contributed by atoms with Gasteiger partial charge in [-0.2, -0.15) is 0 Å². The van der Waals surface area contributed by atoms with Gasteiger partial charge >= 0.3 is 0 Å². The summed E-state index contributed by atoms with van der Waals surface area (Å²) >= 11 is 0. The summed E-state index contributed by atoms with van der Waals surface area (Å²) in [5, 5.41) is 3.07. The van der Waals surface area contributed by atoms with Crippen molar-refractivity contribution in [3.63, 3.8) is 0 Å². The smallest absolute Gasteiger partial charge is 0.235 e. The van der Waals surface area contributed by atoms with E-state index in [2.05, 4.69) is 22.1 Å². The Morgan fingerprint density at radius 1 is 1.26 bits per heavy atom. The molecule has 8 heteroatoms. The van der Waals surface area contributed by atoms with Crippen LogP contribution in [-0.4, -0.2) is 42.3 Å². The van der Waals surface area contributed by atoms with Crippen LogP contribution in [-0.2, 0) is 10.2 Å². The summed E-state index contributed by atoms with van der Waals surface area (Å²) in [7, 11) is 0. The second kappa shape index (κ2) is 9.41. The van der Waals surface area contributed by atoms with Crippen molar-refractivity contribution in [2.24, 2.45) is 10.7 Å². The van der Waals surface area contributed by atoms with E-state index in [0.29, 0.717) is 17.0 Å². The summed E-state index contributed by atoms with van der Waals surface area (Å²) in [6.45, 7) is 5.10. The van der Waals surface area contributed by atoms with Crippen LogP contribution in [0, 0.1) is 11.6 Å². The van der Waals surface area contributed by atoms with Gasteiger partial charge in [-0.05, 0) is 74.3 Å². The number of benzene rings is 2. The average Bonchev–Trinajstić information content (AvgIpc) is 3.13. The molecule has 2 aromatic carbocycles. The number of nitrogens with one attached hydrogen (secondary N) is 1. The molecule has 0 aromatic heterocycles. The SMILES string of the molecule is CCN1CCC(Oc2cc(C(C=CN)=Nc3ccc(F)cc3F)cc3c2NC(=O)C32CCC2)CC1. The standard InChI is InChI=1S/C27H30F2N4O2/c1-2-33-12-7-19(8-13-33)35-24-15-17(14-20-25(24)32-26(34)27(20)9-3-10-27)22(6-11-30)31-23-5-4-18(28)16-21(23)29/h4-6,11,14-16,19H,2-3,7-10,12-13,30H2,1H3,(H,32,34). The third kappa shape index (κ3) is 4.31. The number of aliphatic imine (C=N–C) groups is 1. The quantitative estimate of drug-likeness (QED) is 0.583. The van der Waals surface area contributed by atoms with E-state index in [1.807, 2.05) is 12.1 Å². The van der Waals surface area contributed by atoms with E-state index in [-0.39, 0.29) is 17.7 Å². The molecule has 3 aliphatic rings. The van der Waals surface area contributed by atoms with Crippen LogP contribution in [0.2, 0.25) is 0 Å². The molecule has 1 saturated heterocycles. The molecule has 184 valence electrons. The summed E-state index contributed by atoms with van der Waals surface area (Å²) in [5.41, 5.74) is 7.83. The van der Waals surface area contributed by atoms with Gasteiger partial charge in [0.25, 0.3) is 0 Å². The Labute approximate surface area is 203 Å². The van der Waals surface area contributed by atoms with Crippen LogP contribution in [0.15, 0.2) is 47.6 Å². The van der Waals surface area contributed by atoms with E-state index in [1.54, 1.807) is 6.08 Å². The second-order valence-corrected chi connectivity index (χ2v) is 9.49. The van der Waals surface area contributed by atoms with Crippen molar-refractivity contribution in [3.05, 3.63) is 65.4 Å². The first-order valence-corrected chi connectivity index (χ1v) is 12.2. The lowest BCUT2D eigenvalue weighted by Gasteiger charge is -2.36. The van der Waals surface area contributed by atoms with E-state index < -0.39 is 17.0 Å². The zero-order valence-corrected chi connectivity index (χ0v) is 19.8. The van der Waals surface area contributed by atoms with Crippen LogP contribution in [0.4, 0.5) is 20.2 Å². The van der Waals surface area contributed by atoms with E-state index in [4.69, 9.17) is 10.5 Å². The van der Waals surface area contributed by atoms with E-state index >= 15 is 0 Å². The molecule has 2 fully saturated rings. The van der Waals surface area contributed by atoms with Crippen molar-refractivity contribution in [3.8, 4) is 5.75 Å². The summed E-state index contributed by atoms with van der Waals surface area (Å²) in [4.78, 5) is 19.8. The minimum absolute atomic E-state index is 0.000938. The zero-order chi connectivity index (χ0) is 24.6. The highest BCUT2D eigenvalue weighted by atomic mass is 19.1. The Morgan fingerprint density at radius 2 is 2.03 bits per heavy atom. The average molecular weight is 481 g/mol. The molecule has 6 nitrogen and oxygen atoms in total. The number of amides is 1. The summed E-state index contributed by atoms with van der Waals surface area (Å²) in [5.74, 6) is -0.835. The van der Waals surface area contributed by atoms with E-state index in [0.717, 1.165) is 75.1 Å². The first-order chi connectivity index (χ1) is 16.9. The predicted octanol–water partition coefficient (Wildman–Crippen LogP) is 4.79. The molecule has 0 atom stereocenters. The fraction of sp³-hybridized carbons (Fsp3) is 0.407. The Balaban J connectivity index is 1.57. The number of carbonyl (C=O) groups excluding carboxylic acids is 1. The minimum atomic E-state index is -0.763. The molecule has 1 aliphatic carbocycles. The number of fused-ring (bicyclic) bond motifs is 2. The van der Waals surface area contributed by atoms with Gasteiger partial charge in [0.2, 0.25) is 5.91 Å². The number of rotatable bonds is 6. The number of carbonyl (C=O) groups is 1. The fourth-order valence-corrected chi connectivity index (χ4v) is 5.26. The number of hydrogen-bond acceptors (Lipinski definition) is 5. The van der Waals surface area contributed by atoms with Gasteiger partial charge in [-0.1, -0.05) is 13.3 Å². The van der Waals surface area contributed by atoms with Crippen molar-refractivity contribution >= 4 is 23.0 Å². The number of piperidine rings is 1. The summed E-state index contributed by atoms with van der Waals surface area (Å²) < 4.78 is 34.3. The molecule has 2 heterocycles. The molecule has 0 radical (unpaired) electrons. The maximum absolute atomic E-state index is 14.4. The van der Waals surface area contributed by atoms with Crippen molar-refractivity contribution in [2.45, 2.75) is 50.5 Å². The van der Waals surface area contributed by atoms with Gasteiger partial charge < -0.3 is 20.7 Å². The molecule has 5 rings (SSSR count). The Morgan fingerprint density at radius 3 is 2.66 bits per heavy atom. The Kier molecular flexibility index (Phi) is 6.32. The van der Waals surface area contributed by atoms with E-state index in [1.165, 1.54) is 12.3 Å². The number of allylic oxidation sites excluding steroid dienone is 1. The van der Waals surface area contributed by atoms with Gasteiger partial charge in [-0.15, -0.1) is 0 Å². The third-order valence-corrected chi connectivity index (χ3v) is 7.47. The Bertz CT molecular complexity index is 1200. The van der Waals surface area contributed by atoms with Crippen molar-refractivity contribution in [1.29, 1.82) is 0 Å². The first kappa shape index (κ1) is 23.5. The van der Waals surface area contributed by atoms with Crippen LogP contribution in [0.5, 0.6) is 5.75 Å². The topological polar surface area (TPSA) is 80.0 Å². The maximum atomic E-state index is 14.4. The molecule has 1 spiro atoms. The molecule has 0 bridgehead atoms. The maximum Gasteiger partial charge on any atom is 0.235 e. The number of hydrogen-bond donors (Lipinski definition) is 2. The second-order valence-electron chi connectivity index (χ2n) is 9.49. The van der Waals surface area contributed by atoms with Crippen molar-refractivity contribution in [1.82, 2.24) is 4.90 Å². The number of nitrogens with zero attached hydrogens (tertiary/aromatic N) is 2. The number of nitrogens with two attached hydrogens (primary N) is 1. The summed E-state index contributed by atoms with van der Waals surface area (Å²) in [6, 6.07) is 7.02. The lowest BCUT2D eigenvalue weighted by molar-refractivity contribution is -0.123. The molecular weight excluding hydrogens is 450 g/mol. The van der Waals surface area contributed by atoms with Crippen LogP contribution in [0.25, 0.3) is 0 Å². The highest BCUT2D eigenvalue weighted by molar-refractivity contribution is 6.13. The number of anilines is 1. The lowest BCUT2D eigenvalue weighted by Crippen LogP contribution is -2.40. The first-order valence-electron chi connectivity index (χ1n) is 12.2. The largest absolute Gasteiger partial charge is 0.488 e. The zero-order valence-electron chi connectivity index (χ0n) is 19.8. The number of halogens is 2. The van der Waals surface area contributed by atoms with Crippen molar-refractivity contribution in [2.75, 3.05) is 25.0 Å². The monoisotopic (exact) mass is 480 g/mol. The van der Waals surface area contributed by atoms with Gasteiger partial charge in [0.05, 0.1) is 22.5 Å². The molecule has 0 unspecified atom stereocenters. The predicted molar refractivity (Wildman–Crippen MR) is 132 cm³/mol. The Hall–Kier alpha value is -3.26. The lowest BCUT2D eigenvalue weighted by atomic mass is 9.65. The summed E-state index contributed by atoms with van der Waals surface area (Å²) in [6.07, 6.45) is 7.26. The molecule has 2 aliphatic heterocycles. The van der Waals surface area contributed by atoms with Gasteiger partial charge in [0.1, 0.15) is 17.7 Å². The highest BCUT2D eigenvalue weighted by Gasteiger charge is 2.52. The third-order valence-electron chi connectivity index (χ3n) is 7.47. The molecule has 35 heavy (non-hydrogen) atoms. The van der Waals surface area contributed by atoms with Gasteiger partial charge in [-0.3, -0.25) is 4.79 Å². The molecule has 2 aromatic rings. The van der Waals surface area contributed by atoms with Gasteiger partial charge in [0, 0.05) is 24.7 Å². The molecule has 1 saturated carbocycles. The molecule has 1 amide bonds. The number of likely N-dealkylation sites (tertiary alicyclic amines) is 1. The molecule has 3 N–H and O–H groups in total. The van der Waals surface area contributed by atoms with Gasteiger partial charge in [0.15, 0.2) is 5.82 Å². The van der Waals surface area contributed by atoms with Crippen LogP contribution < -0.4 is 15.8 Å². The molecular formula is C27H30F2N4O2. The normalized spacial score (nSPS) is 20.2. The van der Waals surface area contributed by atoms with E-state index in [9.17, 15) is 13.6 Å². The van der Waals surface area contributed by atoms with Gasteiger partial charge in [-0.25, -0.2) is 13.8 Å². The van der Waals surface area contributed by atoms with Crippen LogP contribution in [0.1, 0.15) is 50.2 Å². The van der Waals surface area contributed by atoms with Crippen molar-refractivity contribution < 1.29 is 18.3 Å². The number of ether oxygens (including phenoxy) is 1.